The molecule has 1 fully saturated rings. The molecule has 1 aliphatic rings. The average Bonchev–Trinajstić information content (AvgIpc) is 3.17. The van der Waals surface area contributed by atoms with E-state index in [1.54, 1.807) is 12.1 Å². The molecule has 0 spiro atoms. The van der Waals surface area contributed by atoms with Gasteiger partial charge in [-0.1, -0.05) is 22.4 Å². The van der Waals surface area contributed by atoms with Crippen LogP contribution in [0.2, 0.25) is 0 Å². The Hall–Kier alpha value is -3.64. The van der Waals surface area contributed by atoms with Gasteiger partial charge in [-0.2, -0.15) is 13.2 Å². The first kappa shape index (κ1) is 23.6. The minimum absolute atomic E-state index is 0.0387. The van der Waals surface area contributed by atoms with Crippen LogP contribution in [0.3, 0.4) is 0 Å². The molecule has 13 heteroatoms. The lowest BCUT2D eigenvalue weighted by atomic mass is 9.82. The number of nitrogens with zero attached hydrogens (tertiary/aromatic N) is 2. The number of aromatic amines is 1. The van der Waals surface area contributed by atoms with E-state index in [2.05, 4.69) is 15.4 Å². The van der Waals surface area contributed by atoms with Crippen LogP contribution in [0.5, 0.6) is 5.88 Å². The molecule has 0 atom stereocenters. The van der Waals surface area contributed by atoms with E-state index in [1.165, 1.54) is 5.56 Å². The molecule has 1 amide bonds. The summed E-state index contributed by atoms with van der Waals surface area (Å²) < 4.78 is 37.4. The summed E-state index contributed by atoms with van der Waals surface area (Å²) in [4.78, 5) is 31.0. The fourth-order valence-corrected chi connectivity index (χ4v) is 3.03. The lowest BCUT2D eigenvalue weighted by Gasteiger charge is -2.28. The second kappa shape index (κ2) is 9.91. The van der Waals surface area contributed by atoms with Crippen LogP contribution in [0.25, 0.3) is 0 Å². The predicted octanol–water partition coefficient (Wildman–Crippen LogP) is 2.34. The Labute approximate surface area is 173 Å². The Balaban J connectivity index is 0.000000423. The number of hydrogen-bond donors (Lipinski definition) is 4. The molecular formula is C18H19F3N4O6. The van der Waals surface area contributed by atoms with Crippen molar-refractivity contribution in [2.24, 2.45) is 5.73 Å². The maximum atomic E-state index is 11.1. The molecule has 1 aromatic carbocycles. The van der Waals surface area contributed by atoms with Crippen molar-refractivity contribution in [2.45, 2.75) is 43.9 Å². The molecule has 5 N–H and O–H groups in total. The quantitative estimate of drug-likeness (QED) is 0.545. The molecular weight excluding hydrogens is 425 g/mol. The summed E-state index contributed by atoms with van der Waals surface area (Å²) in [6.45, 7) is 0. The third-order valence-corrected chi connectivity index (χ3v) is 4.59. The van der Waals surface area contributed by atoms with Gasteiger partial charge in [0.05, 0.1) is 0 Å². The number of carboxylic acid groups (broad SMARTS) is 2. The first-order valence-electron chi connectivity index (χ1n) is 9.00. The summed E-state index contributed by atoms with van der Waals surface area (Å²) in [6, 6.07) is 7.36. The fourth-order valence-electron chi connectivity index (χ4n) is 3.03. The minimum atomic E-state index is -5.08. The van der Waals surface area contributed by atoms with E-state index in [0.29, 0.717) is 11.5 Å². The number of nitrogens with one attached hydrogen (secondary N) is 1. The van der Waals surface area contributed by atoms with Gasteiger partial charge in [0.25, 0.3) is 5.88 Å². The van der Waals surface area contributed by atoms with Crippen molar-refractivity contribution in [1.29, 1.82) is 0 Å². The number of halogens is 3. The Kier molecular flexibility index (Phi) is 7.56. The topological polar surface area (TPSA) is 168 Å². The molecule has 0 aliphatic heterocycles. The number of aromatic carboxylic acids is 1. The van der Waals surface area contributed by atoms with Gasteiger partial charge in [0.2, 0.25) is 11.6 Å². The SMILES string of the molecule is NC(=O)c1ccc(C2CCC(Oc3nn[nH]c3C(=O)O)CC2)cc1.O=C(O)C(F)(F)F. The molecule has 0 radical (unpaired) electrons. The number of hydrogen-bond acceptors (Lipinski definition) is 6. The van der Waals surface area contributed by atoms with E-state index >= 15 is 0 Å². The lowest BCUT2D eigenvalue weighted by molar-refractivity contribution is -0.192. The van der Waals surface area contributed by atoms with Gasteiger partial charge in [0.1, 0.15) is 6.10 Å². The first-order valence-corrected chi connectivity index (χ1v) is 9.00. The zero-order chi connectivity index (χ0) is 23.2. The first-order chi connectivity index (χ1) is 14.5. The smallest absolute Gasteiger partial charge is 0.476 e. The van der Waals surface area contributed by atoms with Gasteiger partial charge < -0.3 is 20.7 Å². The van der Waals surface area contributed by atoms with Gasteiger partial charge in [0.15, 0.2) is 0 Å². The van der Waals surface area contributed by atoms with E-state index < -0.39 is 24.0 Å². The van der Waals surface area contributed by atoms with Crippen molar-refractivity contribution >= 4 is 17.8 Å². The van der Waals surface area contributed by atoms with Gasteiger partial charge in [-0.05, 0) is 49.3 Å². The normalized spacial score (nSPS) is 18.4. The van der Waals surface area contributed by atoms with Crippen LogP contribution >= 0.6 is 0 Å². The summed E-state index contributed by atoms with van der Waals surface area (Å²) in [5, 5.41) is 25.6. The molecule has 0 bridgehead atoms. The minimum Gasteiger partial charge on any atom is -0.476 e. The molecule has 1 aromatic heterocycles. The number of aliphatic carboxylic acids is 1. The third kappa shape index (κ3) is 6.69. The Morgan fingerprint density at radius 1 is 1.06 bits per heavy atom. The van der Waals surface area contributed by atoms with Crippen LogP contribution in [0.1, 0.15) is 58.0 Å². The van der Waals surface area contributed by atoms with Gasteiger partial charge in [-0.15, -0.1) is 0 Å². The van der Waals surface area contributed by atoms with E-state index in [4.69, 9.17) is 25.5 Å². The largest absolute Gasteiger partial charge is 0.490 e. The number of benzene rings is 1. The second-order valence-corrected chi connectivity index (χ2v) is 6.68. The number of carboxylic acids is 2. The van der Waals surface area contributed by atoms with E-state index in [0.717, 1.165) is 25.7 Å². The molecule has 1 heterocycles. The number of carbonyl (C=O) groups excluding carboxylic acids is 1. The van der Waals surface area contributed by atoms with Crippen LogP contribution in [-0.4, -0.2) is 55.7 Å². The Morgan fingerprint density at radius 2 is 1.61 bits per heavy atom. The second-order valence-electron chi connectivity index (χ2n) is 6.68. The fraction of sp³-hybridized carbons (Fsp3) is 0.389. The van der Waals surface area contributed by atoms with Crippen molar-refractivity contribution in [3.63, 3.8) is 0 Å². The summed E-state index contributed by atoms with van der Waals surface area (Å²) in [7, 11) is 0. The highest BCUT2D eigenvalue weighted by Gasteiger charge is 2.38. The van der Waals surface area contributed by atoms with Crippen LogP contribution in [-0.2, 0) is 4.79 Å². The van der Waals surface area contributed by atoms with Gasteiger partial charge in [0, 0.05) is 5.56 Å². The molecule has 1 aliphatic carbocycles. The Bertz CT molecular complexity index is 921. The maximum Gasteiger partial charge on any atom is 0.490 e. The van der Waals surface area contributed by atoms with Gasteiger partial charge >= 0.3 is 18.1 Å². The summed E-state index contributed by atoms with van der Waals surface area (Å²) in [5.74, 6) is -3.90. The molecule has 31 heavy (non-hydrogen) atoms. The number of aromatic nitrogens is 3. The predicted molar refractivity (Wildman–Crippen MR) is 97.6 cm³/mol. The molecule has 0 saturated heterocycles. The summed E-state index contributed by atoms with van der Waals surface area (Å²) in [5.41, 5.74) is 6.80. The highest BCUT2D eigenvalue weighted by Crippen LogP contribution is 2.34. The maximum absolute atomic E-state index is 11.1. The average molecular weight is 444 g/mol. The summed E-state index contributed by atoms with van der Waals surface area (Å²) >= 11 is 0. The third-order valence-electron chi connectivity index (χ3n) is 4.59. The zero-order valence-corrected chi connectivity index (χ0v) is 15.9. The number of primary amides is 1. The van der Waals surface area contributed by atoms with Crippen molar-refractivity contribution in [3.05, 3.63) is 41.1 Å². The molecule has 10 nitrogen and oxygen atoms in total. The number of H-pyrrole nitrogens is 1. The van der Waals surface area contributed by atoms with Crippen molar-refractivity contribution in [2.75, 3.05) is 0 Å². The van der Waals surface area contributed by atoms with Crippen LogP contribution in [0, 0.1) is 0 Å². The number of nitrogens with two attached hydrogens (primary N) is 1. The Morgan fingerprint density at radius 3 is 2.06 bits per heavy atom. The number of alkyl halides is 3. The molecule has 0 unspecified atom stereocenters. The van der Waals surface area contributed by atoms with Gasteiger partial charge in [-0.3, -0.25) is 4.79 Å². The number of carbonyl (C=O) groups is 3. The lowest BCUT2D eigenvalue weighted by Crippen LogP contribution is -2.24. The van der Waals surface area contributed by atoms with Crippen LogP contribution in [0.4, 0.5) is 13.2 Å². The number of rotatable bonds is 5. The van der Waals surface area contributed by atoms with Crippen LogP contribution in [0.15, 0.2) is 24.3 Å². The number of ether oxygens (including phenoxy) is 1. The molecule has 1 saturated carbocycles. The van der Waals surface area contributed by atoms with Crippen molar-refractivity contribution in [1.82, 2.24) is 15.4 Å². The molecule has 3 rings (SSSR count). The standard InChI is InChI=1S/C16H18N4O4.C2HF3O2/c17-14(21)11-3-1-9(2-4-11)10-5-7-12(8-6-10)24-15-13(16(22)23)18-20-19-15;3-2(4,5)1(6)7/h1-4,10,12H,5-8H2,(H2,17,21)(H,22,23)(H,18,19,20);(H,6,7). The van der Waals surface area contributed by atoms with E-state index in [1.807, 2.05) is 12.1 Å². The molecule has 2 aromatic rings. The summed E-state index contributed by atoms with van der Waals surface area (Å²) in [6.07, 6.45) is -1.72. The van der Waals surface area contributed by atoms with Crippen LogP contribution < -0.4 is 10.5 Å². The van der Waals surface area contributed by atoms with Gasteiger partial charge in [-0.25, -0.2) is 14.7 Å². The monoisotopic (exact) mass is 444 g/mol. The molecule has 168 valence electrons. The van der Waals surface area contributed by atoms with Crippen molar-refractivity contribution in [3.8, 4) is 5.88 Å². The highest BCUT2D eigenvalue weighted by molar-refractivity contribution is 5.92. The zero-order valence-electron chi connectivity index (χ0n) is 15.9. The highest BCUT2D eigenvalue weighted by atomic mass is 19.4. The number of amides is 1. The van der Waals surface area contributed by atoms with E-state index in [-0.39, 0.29) is 17.7 Å². The van der Waals surface area contributed by atoms with Crippen molar-refractivity contribution < 1.29 is 42.5 Å². The van der Waals surface area contributed by atoms with E-state index in [9.17, 15) is 22.8 Å².